The molecule has 6 heteroatoms. The van der Waals surface area contributed by atoms with Gasteiger partial charge in [-0.2, -0.15) is 5.10 Å². The summed E-state index contributed by atoms with van der Waals surface area (Å²) in [7, 11) is 0. The SMILES string of the molecule is c1cnc(OCC2CCn3nccc3CN2CC2CC2)cn1. The molecule has 116 valence electrons. The van der Waals surface area contributed by atoms with Crippen molar-refractivity contribution in [3.05, 3.63) is 36.5 Å². The zero-order valence-corrected chi connectivity index (χ0v) is 12.6. The molecule has 2 aromatic heterocycles. The lowest BCUT2D eigenvalue weighted by Crippen LogP contribution is -2.39. The van der Waals surface area contributed by atoms with Crippen LogP contribution in [0.5, 0.6) is 5.88 Å². The molecule has 0 bridgehead atoms. The van der Waals surface area contributed by atoms with Gasteiger partial charge in [0.2, 0.25) is 5.88 Å². The number of hydrogen-bond acceptors (Lipinski definition) is 5. The number of hydrogen-bond donors (Lipinski definition) is 0. The average molecular weight is 299 g/mol. The van der Waals surface area contributed by atoms with Crippen molar-refractivity contribution >= 4 is 0 Å². The van der Waals surface area contributed by atoms with Crippen LogP contribution in [0.1, 0.15) is 25.0 Å². The molecule has 6 nitrogen and oxygen atoms in total. The predicted molar refractivity (Wildman–Crippen MR) is 81.3 cm³/mol. The fourth-order valence-corrected chi connectivity index (χ4v) is 3.06. The summed E-state index contributed by atoms with van der Waals surface area (Å²) in [6, 6.07) is 2.54. The molecule has 0 N–H and O–H groups in total. The van der Waals surface area contributed by atoms with Crippen LogP contribution in [0.15, 0.2) is 30.9 Å². The molecule has 0 saturated heterocycles. The first-order chi connectivity index (χ1) is 10.9. The Hall–Kier alpha value is -1.95. The van der Waals surface area contributed by atoms with E-state index in [1.165, 1.54) is 25.1 Å². The van der Waals surface area contributed by atoms with Crippen molar-refractivity contribution < 1.29 is 4.74 Å². The summed E-state index contributed by atoms with van der Waals surface area (Å²) in [4.78, 5) is 10.8. The highest BCUT2D eigenvalue weighted by molar-refractivity contribution is 5.04. The molecule has 3 heterocycles. The third kappa shape index (κ3) is 3.11. The predicted octanol–water partition coefficient (Wildman–Crippen LogP) is 1.74. The zero-order chi connectivity index (χ0) is 14.8. The second-order valence-corrected chi connectivity index (χ2v) is 6.22. The van der Waals surface area contributed by atoms with Crippen LogP contribution in [0.4, 0.5) is 0 Å². The van der Waals surface area contributed by atoms with Gasteiger partial charge in [0.05, 0.1) is 11.9 Å². The van der Waals surface area contributed by atoms with E-state index >= 15 is 0 Å². The van der Waals surface area contributed by atoms with Crippen molar-refractivity contribution in [1.29, 1.82) is 0 Å². The van der Waals surface area contributed by atoms with Gasteiger partial charge < -0.3 is 4.74 Å². The summed E-state index contributed by atoms with van der Waals surface area (Å²) in [5, 5.41) is 4.43. The van der Waals surface area contributed by atoms with E-state index in [1.807, 2.05) is 6.20 Å². The van der Waals surface area contributed by atoms with Crippen LogP contribution in [-0.4, -0.2) is 43.8 Å². The molecule has 0 radical (unpaired) electrons. The van der Waals surface area contributed by atoms with E-state index in [4.69, 9.17) is 4.74 Å². The minimum atomic E-state index is 0.407. The van der Waals surface area contributed by atoms with E-state index in [0.717, 1.165) is 25.4 Å². The molecule has 1 saturated carbocycles. The van der Waals surface area contributed by atoms with Crippen molar-refractivity contribution in [2.45, 2.75) is 38.4 Å². The molecule has 1 aliphatic heterocycles. The molecule has 0 amide bonds. The van der Waals surface area contributed by atoms with Gasteiger partial charge >= 0.3 is 0 Å². The number of aryl methyl sites for hydroxylation is 1. The molecule has 0 aromatic carbocycles. The van der Waals surface area contributed by atoms with Crippen molar-refractivity contribution in [3.8, 4) is 5.88 Å². The minimum absolute atomic E-state index is 0.407. The Morgan fingerprint density at radius 3 is 2.95 bits per heavy atom. The van der Waals surface area contributed by atoms with Crippen LogP contribution < -0.4 is 4.74 Å². The summed E-state index contributed by atoms with van der Waals surface area (Å²) in [5.41, 5.74) is 1.31. The average Bonchev–Trinajstić information content (AvgIpc) is 3.29. The topological polar surface area (TPSA) is 56.1 Å². The van der Waals surface area contributed by atoms with Gasteiger partial charge in [-0.25, -0.2) is 4.98 Å². The number of rotatable bonds is 5. The quantitative estimate of drug-likeness (QED) is 0.841. The molecule has 22 heavy (non-hydrogen) atoms. The van der Waals surface area contributed by atoms with Gasteiger partial charge in [0, 0.05) is 44.3 Å². The maximum absolute atomic E-state index is 5.86. The van der Waals surface area contributed by atoms with E-state index in [-0.39, 0.29) is 0 Å². The van der Waals surface area contributed by atoms with Crippen molar-refractivity contribution in [2.24, 2.45) is 5.92 Å². The number of aromatic nitrogens is 4. The third-order valence-corrected chi connectivity index (χ3v) is 4.51. The lowest BCUT2D eigenvalue weighted by Gasteiger charge is -2.29. The Kier molecular flexibility index (Phi) is 3.76. The number of ether oxygens (including phenoxy) is 1. The van der Waals surface area contributed by atoms with E-state index in [9.17, 15) is 0 Å². The van der Waals surface area contributed by atoms with Crippen LogP contribution in [0.3, 0.4) is 0 Å². The first kappa shape index (κ1) is 13.7. The Bertz CT molecular complexity index is 610. The normalized spacial score (nSPS) is 22.1. The molecule has 1 aliphatic carbocycles. The third-order valence-electron chi connectivity index (χ3n) is 4.51. The fourth-order valence-electron chi connectivity index (χ4n) is 3.06. The smallest absolute Gasteiger partial charge is 0.232 e. The first-order valence-corrected chi connectivity index (χ1v) is 8.02. The van der Waals surface area contributed by atoms with Crippen LogP contribution in [0.25, 0.3) is 0 Å². The molecule has 4 rings (SSSR count). The molecule has 2 aromatic rings. The summed E-state index contributed by atoms with van der Waals surface area (Å²) in [5.74, 6) is 1.48. The van der Waals surface area contributed by atoms with Gasteiger partial charge in [-0.3, -0.25) is 14.6 Å². The fraction of sp³-hybridized carbons (Fsp3) is 0.562. The van der Waals surface area contributed by atoms with Gasteiger partial charge in [-0.1, -0.05) is 0 Å². The molecule has 2 aliphatic rings. The second kappa shape index (κ2) is 6.04. The minimum Gasteiger partial charge on any atom is -0.475 e. The molecule has 1 atom stereocenters. The molecule has 1 fully saturated rings. The summed E-state index contributed by atoms with van der Waals surface area (Å²) >= 11 is 0. The Labute approximate surface area is 130 Å². The highest BCUT2D eigenvalue weighted by Gasteiger charge is 2.30. The second-order valence-electron chi connectivity index (χ2n) is 6.22. The number of fused-ring (bicyclic) bond motifs is 1. The van der Waals surface area contributed by atoms with Gasteiger partial charge in [-0.15, -0.1) is 0 Å². The van der Waals surface area contributed by atoms with Gasteiger partial charge in [0.25, 0.3) is 0 Å². The van der Waals surface area contributed by atoms with E-state index in [2.05, 4.69) is 30.7 Å². The van der Waals surface area contributed by atoms with E-state index < -0.39 is 0 Å². The largest absolute Gasteiger partial charge is 0.475 e. The summed E-state index contributed by atoms with van der Waals surface area (Å²) < 4.78 is 7.99. The number of nitrogens with zero attached hydrogens (tertiary/aromatic N) is 5. The summed E-state index contributed by atoms with van der Waals surface area (Å²) in [6.45, 7) is 3.75. The van der Waals surface area contributed by atoms with Gasteiger partial charge in [0.1, 0.15) is 6.61 Å². The van der Waals surface area contributed by atoms with E-state index in [1.54, 1.807) is 18.6 Å². The Morgan fingerprint density at radius 1 is 1.18 bits per heavy atom. The van der Waals surface area contributed by atoms with Crippen molar-refractivity contribution in [2.75, 3.05) is 13.2 Å². The van der Waals surface area contributed by atoms with Crippen LogP contribution in [0, 0.1) is 5.92 Å². The van der Waals surface area contributed by atoms with Gasteiger partial charge in [0.15, 0.2) is 0 Å². The Balaban J connectivity index is 1.45. The lowest BCUT2D eigenvalue weighted by molar-refractivity contribution is 0.117. The van der Waals surface area contributed by atoms with Crippen LogP contribution in [-0.2, 0) is 13.1 Å². The monoisotopic (exact) mass is 299 g/mol. The van der Waals surface area contributed by atoms with Gasteiger partial charge in [-0.05, 0) is 31.2 Å². The standard InChI is InChI=1S/C16H21N5O/c1-2-13(1)10-20-11-14-3-5-19-21(14)8-4-15(20)12-22-16-9-17-6-7-18-16/h3,5-7,9,13,15H,1-2,4,8,10-12H2. The Morgan fingerprint density at radius 2 is 2.14 bits per heavy atom. The van der Waals surface area contributed by atoms with Crippen molar-refractivity contribution in [3.63, 3.8) is 0 Å². The van der Waals surface area contributed by atoms with Crippen molar-refractivity contribution in [1.82, 2.24) is 24.6 Å². The highest BCUT2D eigenvalue weighted by Crippen LogP contribution is 2.32. The molecule has 1 unspecified atom stereocenters. The summed E-state index contributed by atoms with van der Waals surface area (Å²) in [6.07, 6.45) is 10.7. The maximum Gasteiger partial charge on any atom is 0.232 e. The molecular weight excluding hydrogens is 278 g/mol. The van der Waals surface area contributed by atoms with Crippen LogP contribution in [0.2, 0.25) is 0 Å². The lowest BCUT2D eigenvalue weighted by atomic mass is 10.1. The van der Waals surface area contributed by atoms with Crippen LogP contribution >= 0.6 is 0 Å². The highest BCUT2D eigenvalue weighted by atomic mass is 16.5. The first-order valence-electron chi connectivity index (χ1n) is 8.02. The molecule has 0 spiro atoms. The van der Waals surface area contributed by atoms with E-state index in [0.29, 0.717) is 18.5 Å². The zero-order valence-electron chi connectivity index (χ0n) is 12.6. The maximum atomic E-state index is 5.86. The molecular formula is C16H21N5O.